The number of phenols is 1. The summed E-state index contributed by atoms with van der Waals surface area (Å²) in [5.74, 6) is 0.523. The number of piperazine rings is 1. The number of nitrogens with two attached hydrogens (primary N) is 1. The van der Waals surface area contributed by atoms with Crippen molar-refractivity contribution in [3.05, 3.63) is 30.3 Å². The van der Waals surface area contributed by atoms with Crippen molar-refractivity contribution in [3.63, 3.8) is 0 Å². The monoisotopic (exact) mass is 356 g/mol. The van der Waals surface area contributed by atoms with E-state index in [0.29, 0.717) is 23.6 Å². The Hall–Kier alpha value is -2.87. The molecule has 1 aromatic carbocycles. The highest BCUT2D eigenvalue weighted by molar-refractivity contribution is 5.78. The van der Waals surface area contributed by atoms with Gasteiger partial charge in [-0.15, -0.1) is 10.2 Å². The van der Waals surface area contributed by atoms with Crippen LogP contribution >= 0.6 is 0 Å². The number of rotatable bonds is 4. The van der Waals surface area contributed by atoms with E-state index < -0.39 is 0 Å². The first-order chi connectivity index (χ1) is 12.5. The number of hydrogen-bond donors (Lipinski definition) is 3. The van der Waals surface area contributed by atoms with Crippen LogP contribution in [0.5, 0.6) is 5.75 Å². The molecule has 1 atom stereocenters. The predicted molar refractivity (Wildman–Crippen MR) is 101 cm³/mol. The van der Waals surface area contributed by atoms with Crippen molar-refractivity contribution in [2.45, 2.75) is 13.0 Å². The molecule has 26 heavy (non-hydrogen) atoms. The number of likely N-dealkylation sites (N-methyl/N-ethyl adjacent to an activating group) is 1. The van der Waals surface area contributed by atoms with Crippen LogP contribution in [-0.2, 0) is 4.79 Å². The van der Waals surface area contributed by atoms with Crippen LogP contribution in [0.15, 0.2) is 30.3 Å². The molecule has 1 unspecified atom stereocenters. The van der Waals surface area contributed by atoms with Gasteiger partial charge in [0.1, 0.15) is 5.75 Å². The average Bonchev–Trinajstić information content (AvgIpc) is 2.64. The molecule has 1 fully saturated rings. The van der Waals surface area contributed by atoms with Gasteiger partial charge in [0.25, 0.3) is 0 Å². The third-order valence-electron chi connectivity index (χ3n) is 4.71. The maximum Gasteiger partial charge on any atom is 0.233 e. The molecule has 0 radical (unpaired) electrons. The lowest BCUT2D eigenvalue weighted by molar-refractivity contribution is -0.122. The van der Waals surface area contributed by atoms with E-state index in [1.54, 1.807) is 25.2 Å². The zero-order valence-corrected chi connectivity index (χ0v) is 15.0. The summed E-state index contributed by atoms with van der Waals surface area (Å²) < 4.78 is 0. The lowest BCUT2D eigenvalue weighted by Crippen LogP contribution is -2.54. The van der Waals surface area contributed by atoms with Crippen LogP contribution in [0, 0.1) is 0 Å². The van der Waals surface area contributed by atoms with Gasteiger partial charge >= 0.3 is 0 Å². The molecule has 2 heterocycles. The minimum absolute atomic E-state index is 0.0113. The molecule has 1 amide bonds. The Bertz CT molecular complexity index is 797. The van der Waals surface area contributed by atoms with Gasteiger partial charge in [-0.2, -0.15) is 0 Å². The predicted octanol–water partition coefficient (Wildman–Crippen LogP) is 0.688. The number of benzene rings is 1. The second-order valence-corrected chi connectivity index (χ2v) is 6.46. The van der Waals surface area contributed by atoms with Crippen LogP contribution in [0.4, 0.5) is 11.5 Å². The second kappa shape index (κ2) is 7.57. The molecule has 1 aliphatic rings. The molecule has 0 bridgehead atoms. The summed E-state index contributed by atoms with van der Waals surface area (Å²) in [7, 11) is 1.65. The van der Waals surface area contributed by atoms with Gasteiger partial charge in [0.15, 0.2) is 5.82 Å². The quantitative estimate of drug-likeness (QED) is 0.740. The van der Waals surface area contributed by atoms with Crippen LogP contribution in [-0.4, -0.2) is 65.4 Å². The van der Waals surface area contributed by atoms with Crippen LogP contribution in [0.3, 0.4) is 0 Å². The van der Waals surface area contributed by atoms with E-state index in [1.165, 1.54) is 0 Å². The van der Waals surface area contributed by atoms with Gasteiger partial charge in [0, 0.05) is 38.3 Å². The third-order valence-corrected chi connectivity index (χ3v) is 4.71. The Morgan fingerprint density at radius 2 is 2.12 bits per heavy atom. The van der Waals surface area contributed by atoms with E-state index in [-0.39, 0.29) is 17.7 Å². The number of nitrogens with one attached hydrogen (secondary N) is 1. The smallest absolute Gasteiger partial charge is 0.233 e. The van der Waals surface area contributed by atoms with Crippen molar-refractivity contribution in [1.29, 1.82) is 0 Å². The number of aromatic hydroxyl groups is 1. The van der Waals surface area contributed by atoms with Gasteiger partial charge in [0.05, 0.1) is 17.9 Å². The summed E-state index contributed by atoms with van der Waals surface area (Å²) in [4.78, 5) is 15.9. The maximum atomic E-state index is 11.6. The number of carbonyl (C=O) groups excluding carboxylic acids is 1. The van der Waals surface area contributed by atoms with Crippen molar-refractivity contribution >= 4 is 17.4 Å². The first-order valence-electron chi connectivity index (χ1n) is 8.60. The minimum Gasteiger partial charge on any atom is -0.507 e. The van der Waals surface area contributed by atoms with E-state index in [0.717, 1.165) is 25.3 Å². The van der Waals surface area contributed by atoms with E-state index in [2.05, 4.69) is 32.2 Å². The molecule has 2 aromatic rings. The molecule has 4 N–H and O–H groups in total. The van der Waals surface area contributed by atoms with Gasteiger partial charge in [-0.3, -0.25) is 9.69 Å². The Kier molecular flexibility index (Phi) is 5.22. The van der Waals surface area contributed by atoms with E-state index >= 15 is 0 Å². The zero-order chi connectivity index (χ0) is 18.7. The lowest BCUT2D eigenvalue weighted by Gasteiger charge is -2.40. The highest BCUT2D eigenvalue weighted by Crippen LogP contribution is 2.32. The summed E-state index contributed by atoms with van der Waals surface area (Å²) in [6.45, 7) is 4.69. The number of nitrogen functional groups attached to an aromatic ring is 1. The Labute approximate surface area is 152 Å². The van der Waals surface area contributed by atoms with Crippen molar-refractivity contribution in [3.8, 4) is 17.0 Å². The van der Waals surface area contributed by atoms with Crippen LogP contribution in [0.1, 0.15) is 6.92 Å². The van der Waals surface area contributed by atoms with Crippen LogP contribution in [0.25, 0.3) is 11.3 Å². The SMILES string of the molecule is CNC(=O)CN1CCN(c2cc(-c3ccccc3O)nnc2N)CC1C. The first kappa shape index (κ1) is 17.9. The number of nitrogens with zero attached hydrogens (tertiary/aromatic N) is 4. The van der Waals surface area contributed by atoms with Crippen molar-refractivity contribution in [2.24, 2.45) is 0 Å². The molecule has 0 saturated carbocycles. The van der Waals surface area contributed by atoms with E-state index in [9.17, 15) is 9.90 Å². The second-order valence-electron chi connectivity index (χ2n) is 6.46. The van der Waals surface area contributed by atoms with Gasteiger partial charge in [-0.05, 0) is 25.1 Å². The normalized spacial score (nSPS) is 17.9. The largest absolute Gasteiger partial charge is 0.507 e. The fraction of sp³-hybridized carbons (Fsp3) is 0.389. The van der Waals surface area contributed by atoms with Crippen molar-refractivity contribution < 1.29 is 9.90 Å². The average molecular weight is 356 g/mol. The maximum absolute atomic E-state index is 11.6. The van der Waals surface area contributed by atoms with E-state index in [4.69, 9.17) is 5.73 Å². The number of phenolic OH excluding ortho intramolecular Hbond substituents is 1. The highest BCUT2D eigenvalue weighted by atomic mass is 16.3. The Morgan fingerprint density at radius 1 is 1.35 bits per heavy atom. The van der Waals surface area contributed by atoms with Gasteiger partial charge in [0.2, 0.25) is 5.91 Å². The molecule has 1 aromatic heterocycles. The van der Waals surface area contributed by atoms with Crippen molar-refractivity contribution in [2.75, 3.05) is 43.9 Å². The summed E-state index contributed by atoms with van der Waals surface area (Å²) >= 11 is 0. The molecule has 0 aliphatic carbocycles. The van der Waals surface area contributed by atoms with Gasteiger partial charge in [-0.25, -0.2) is 0 Å². The number of amides is 1. The van der Waals surface area contributed by atoms with Crippen LogP contribution < -0.4 is 16.0 Å². The molecule has 3 rings (SSSR count). The molecular formula is C18H24N6O2. The first-order valence-corrected chi connectivity index (χ1v) is 8.60. The standard InChI is InChI=1S/C18H24N6O2/c1-12-10-24(8-7-23(12)11-17(26)20-2)15-9-14(21-22-18(15)19)13-5-3-4-6-16(13)25/h3-6,9,12,25H,7-8,10-11H2,1-2H3,(H2,19,22)(H,20,26). The third kappa shape index (κ3) is 3.70. The molecule has 138 valence electrons. The summed E-state index contributed by atoms with van der Waals surface area (Å²) in [6.07, 6.45) is 0. The molecule has 1 saturated heterocycles. The summed E-state index contributed by atoms with van der Waals surface area (Å²) in [5.41, 5.74) is 8.05. The Morgan fingerprint density at radius 3 is 2.81 bits per heavy atom. The molecular weight excluding hydrogens is 332 g/mol. The molecule has 0 spiro atoms. The topological polar surface area (TPSA) is 108 Å². The number of anilines is 2. The molecule has 8 nitrogen and oxygen atoms in total. The number of para-hydroxylation sites is 1. The van der Waals surface area contributed by atoms with Gasteiger partial charge < -0.3 is 21.1 Å². The summed E-state index contributed by atoms with van der Waals surface area (Å²) in [6, 6.07) is 9.07. The number of carbonyl (C=O) groups is 1. The number of hydrogen-bond acceptors (Lipinski definition) is 7. The van der Waals surface area contributed by atoms with Gasteiger partial charge in [-0.1, -0.05) is 12.1 Å². The number of aromatic nitrogens is 2. The highest BCUT2D eigenvalue weighted by Gasteiger charge is 2.27. The zero-order valence-electron chi connectivity index (χ0n) is 15.0. The lowest BCUT2D eigenvalue weighted by atomic mass is 10.1. The fourth-order valence-electron chi connectivity index (χ4n) is 3.18. The molecule has 1 aliphatic heterocycles. The fourth-order valence-corrected chi connectivity index (χ4v) is 3.18. The summed E-state index contributed by atoms with van der Waals surface area (Å²) in [5, 5.41) is 20.9. The van der Waals surface area contributed by atoms with Crippen LogP contribution in [0.2, 0.25) is 0 Å². The molecule has 8 heteroatoms. The Balaban J connectivity index is 1.81. The minimum atomic E-state index is 0.0113. The van der Waals surface area contributed by atoms with Crippen molar-refractivity contribution in [1.82, 2.24) is 20.4 Å². The van der Waals surface area contributed by atoms with E-state index in [1.807, 2.05) is 12.1 Å².